The number of para-hydroxylation sites is 1. The Morgan fingerprint density at radius 1 is 0.917 bits per heavy atom. The van der Waals surface area contributed by atoms with Gasteiger partial charge in [0.1, 0.15) is 5.75 Å². The minimum Gasteiger partial charge on any atom is -0.493 e. The maximum Gasteiger partial charge on any atom is 0.416 e. The molecular weight excluding hydrogens is 471 g/mol. The van der Waals surface area contributed by atoms with Gasteiger partial charge in [-0.25, -0.2) is 0 Å². The highest BCUT2D eigenvalue weighted by Gasteiger charge is 2.41. The Morgan fingerprint density at radius 2 is 1.58 bits per heavy atom. The second-order valence-corrected chi connectivity index (χ2v) is 9.87. The molecule has 0 aromatic heterocycles. The summed E-state index contributed by atoms with van der Waals surface area (Å²) < 4.78 is 45.0. The van der Waals surface area contributed by atoms with Crippen molar-refractivity contribution in [3.05, 3.63) is 65.7 Å². The van der Waals surface area contributed by atoms with Crippen LogP contribution in [0.15, 0.2) is 54.6 Å². The predicted octanol–water partition coefficient (Wildman–Crippen LogP) is 4.17. The molecule has 0 bridgehead atoms. The van der Waals surface area contributed by atoms with E-state index in [1.54, 1.807) is 4.90 Å². The van der Waals surface area contributed by atoms with Crippen molar-refractivity contribution < 1.29 is 27.5 Å². The molecule has 0 radical (unpaired) electrons. The third-order valence-corrected chi connectivity index (χ3v) is 7.08. The summed E-state index contributed by atoms with van der Waals surface area (Å²) in [5, 5.41) is 0. The SMILES string of the molecule is CN1CCN(C(=O)C[C@]2(COc3ccccc3)CCCN(C(=O)c3ccc(C(F)(F)F)cc3)C2)CC1. The molecule has 6 nitrogen and oxygen atoms in total. The number of benzene rings is 2. The second-order valence-electron chi connectivity index (χ2n) is 9.87. The van der Waals surface area contributed by atoms with E-state index in [1.807, 2.05) is 42.3 Å². The van der Waals surface area contributed by atoms with Crippen molar-refractivity contribution in [2.75, 3.05) is 52.9 Å². The Hall–Kier alpha value is -3.07. The highest BCUT2D eigenvalue weighted by molar-refractivity contribution is 5.94. The fourth-order valence-electron chi connectivity index (χ4n) is 4.92. The average molecular weight is 504 g/mol. The van der Waals surface area contributed by atoms with Crippen LogP contribution in [0.3, 0.4) is 0 Å². The van der Waals surface area contributed by atoms with Crippen LogP contribution in [0.25, 0.3) is 0 Å². The summed E-state index contributed by atoms with van der Waals surface area (Å²) in [6.07, 6.45) is -2.81. The Balaban J connectivity index is 1.51. The zero-order valence-electron chi connectivity index (χ0n) is 20.5. The van der Waals surface area contributed by atoms with Crippen molar-refractivity contribution in [2.45, 2.75) is 25.4 Å². The van der Waals surface area contributed by atoms with Crippen LogP contribution in [0.1, 0.15) is 35.2 Å². The first-order valence-electron chi connectivity index (χ1n) is 12.3. The van der Waals surface area contributed by atoms with Crippen LogP contribution >= 0.6 is 0 Å². The molecule has 0 N–H and O–H groups in total. The Morgan fingerprint density at radius 3 is 2.22 bits per heavy atom. The number of piperidine rings is 1. The molecule has 9 heteroatoms. The molecule has 2 aliphatic heterocycles. The monoisotopic (exact) mass is 503 g/mol. The van der Waals surface area contributed by atoms with Gasteiger partial charge in [-0.1, -0.05) is 18.2 Å². The molecule has 2 aromatic carbocycles. The topological polar surface area (TPSA) is 53.1 Å². The van der Waals surface area contributed by atoms with Crippen molar-refractivity contribution in [1.82, 2.24) is 14.7 Å². The molecule has 2 amide bonds. The van der Waals surface area contributed by atoms with Crippen molar-refractivity contribution in [3.63, 3.8) is 0 Å². The quantitative estimate of drug-likeness (QED) is 0.594. The van der Waals surface area contributed by atoms with Gasteiger partial charge in [0, 0.05) is 56.7 Å². The molecule has 2 heterocycles. The molecule has 4 rings (SSSR count). The van der Waals surface area contributed by atoms with E-state index in [9.17, 15) is 22.8 Å². The zero-order chi connectivity index (χ0) is 25.8. The molecule has 194 valence electrons. The maximum absolute atomic E-state index is 13.3. The number of hydrogen-bond donors (Lipinski definition) is 0. The van der Waals surface area contributed by atoms with Crippen LogP contribution in [-0.2, 0) is 11.0 Å². The van der Waals surface area contributed by atoms with E-state index in [0.717, 1.165) is 31.6 Å². The van der Waals surface area contributed by atoms with Gasteiger partial charge < -0.3 is 19.4 Å². The Bertz CT molecular complexity index is 1040. The lowest BCUT2D eigenvalue weighted by molar-refractivity contribution is -0.138. The summed E-state index contributed by atoms with van der Waals surface area (Å²) in [7, 11) is 2.03. The van der Waals surface area contributed by atoms with Gasteiger partial charge in [0.05, 0.1) is 12.2 Å². The summed E-state index contributed by atoms with van der Waals surface area (Å²) in [6.45, 7) is 4.02. The molecule has 2 saturated heterocycles. The number of likely N-dealkylation sites (N-methyl/N-ethyl adjacent to an activating group) is 1. The summed E-state index contributed by atoms with van der Waals surface area (Å²) in [5.41, 5.74) is -1.18. The number of ether oxygens (including phenoxy) is 1. The molecule has 0 unspecified atom stereocenters. The lowest BCUT2D eigenvalue weighted by Gasteiger charge is -2.43. The van der Waals surface area contributed by atoms with Crippen LogP contribution in [0.5, 0.6) is 5.75 Å². The number of carbonyl (C=O) groups is 2. The number of alkyl halides is 3. The van der Waals surface area contributed by atoms with Crippen molar-refractivity contribution in [1.29, 1.82) is 0 Å². The normalized spacial score (nSPS) is 21.3. The molecule has 2 fully saturated rings. The third-order valence-electron chi connectivity index (χ3n) is 7.08. The van der Waals surface area contributed by atoms with E-state index in [-0.39, 0.29) is 30.4 Å². The van der Waals surface area contributed by atoms with Gasteiger partial charge in [-0.05, 0) is 56.3 Å². The first-order chi connectivity index (χ1) is 17.2. The minimum absolute atomic E-state index is 0.0450. The van der Waals surface area contributed by atoms with Crippen molar-refractivity contribution in [2.24, 2.45) is 5.41 Å². The van der Waals surface area contributed by atoms with Gasteiger partial charge >= 0.3 is 6.18 Å². The number of halogens is 3. The number of rotatable bonds is 6. The minimum atomic E-state index is -4.46. The highest BCUT2D eigenvalue weighted by atomic mass is 19.4. The maximum atomic E-state index is 13.3. The molecule has 2 aromatic rings. The Kier molecular flexibility index (Phi) is 7.88. The van der Waals surface area contributed by atoms with Gasteiger partial charge in [-0.2, -0.15) is 13.2 Å². The zero-order valence-corrected chi connectivity index (χ0v) is 20.5. The van der Waals surface area contributed by atoms with Crippen molar-refractivity contribution in [3.8, 4) is 5.75 Å². The number of likely N-dealkylation sites (tertiary alicyclic amines) is 1. The van der Waals surface area contributed by atoms with Gasteiger partial charge in [-0.15, -0.1) is 0 Å². The number of hydrogen-bond acceptors (Lipinski definition) is 4. The summed E-state index contributed by atoms with van der Waals surface area (Å²) in [5.74, 6) is 0.401. The summed E-state index contributed by atoms with van der Waals surface area (Å²) in [4.78, 5) is 32.3. The first-order valence-corrected chi connectivity index (χ1v) is 12.3. The summed E-state index contributed by atoms with van der Waals surface area (Å²) in [6, 6.07) is 13.6. The second kappa shape index (κ2) is 10.9. The van der Waals surface area contributed by atoms with E-state index in [2.05, 4.69) is 4.90 Å². The molecule has 0 aliphatic carbocycles. The van der Waals surface area contributed by atoms with Crippen molar-refractivity contribution >= 4 is 11.8 Å². The van der Waals surface area contributed by atoms with E-state index in [1.165, 1.54) is 12.1 Å². The van der Waals surface area contributed by atoms with E-state index < -0.39 is 17.2 Å². The van der Waals surface area contributed by atoms with Crippen LogP contribution in [0.2, 0.25) is 0 Å². The largest absolute Gasteiger partial charge is 0.493 e. The Labute approximate surface area is 209 Å². The fourth-order valence-corrected chi connectivity index (χ4v) is 4.92. The van der Waals surface area contributed by atoms with Crippen LogP contribution in [-0.4, -0.2) is 79.4 Å². The molecule has 2 aliphatic rings. The van der Waals surface area contributed by atoms with Gasteiger partial charge in [0.25, 0.3) is 5.91 Å². The standard InChI is InChI=1S/C27H32F3N3O3/c1-31-14-16-32(17-15-31)24(34)18-26(20-36-23-6-3-2-4-7-23)12-5-13-33(19-26)25(35)21-8-10-22(11-9-21)27(28,29)30/h2-4,6-11H,5,12-20H2,1H3/t26-/m1/s1. The fraction of sp³-hybridized carbons (Fsp3) is 0.481. The van der Waals surface area contributed by atoms with Crippen LogP contribution in [0.4, 0.5) is 13.2 Å². The molecule has 0 spiro atoms. The lowest BCUT2D eigenvalue weighted by Crippen LogP contribution is -2.53. The summed E-state index contributed by atoms with van der Waals surface area (Å²) >= 11 is 0. The van der Waals surface area contributed by atoms with E-state index >= 15 is 0 Å². The number of piperazine rings is 1. The number of amides is 2. The molecule has 0 saturated carbocycles. The van der Waals surface area contributed by atoms with Gasteiger partial charge in [0.15, 0.2) is 0 Å². The smallest absolute Gasteiger partial charge is 0.416 e. The lowest BCUT2D eigenvalue weighted by atomic mass is 9.77. The van der Waals surface area contributed by atoms with E-state index in [0.29, 0.717) is 38.3 Å². The van der Waals surface area contributed by atoms with E-state index in [4.69, 9.17) is 4.74 Å². The van der Waals surface area contributed by atoms with Gasteiger partial charge in [-0.3, -0.25) is 9.59 Å². The highest BCUT2D eigenvalue weighted by Crippen LogP contribution is 2.36. The third kappa shape index (κ3) is 6.37. The molecule has 36 heavy (non-hydrogen) atoms. The number of nitrogens with zero attached hydrogens (tertiary/aromatic N) is 3. The predicted molar refractivity (Wildman–Crippen MR) is 130 cm³/mol. The van der Waals surface area contributed by atoms with Crippen LogP contribution < -0.4 is 4.74 Å². The average Bonchev–Trinajstić information content (AvgIpc) is 2.88. The molecule has 1 atom stereocenters. The number of carbonyl (C=O) groups excluding carboxylic acids is 2. The van der Waals surface area contributed by atoms with Gasteiger partial charge in [0.2, 0.25) is 5.91 Å². The van der Waals surface area contributed by atoms with Crippen LogP contribution in [0, 0.1) is 5.41 Å². The molecular formula is C27H32F3N3O3. The first kappa shape index (κ1) is 26.0.